The molecule has 3 rings (SSSR count). The molecule has 2 aromatic heterocycles. The van der Waals surface area contributed by atoms with Gasteiger partial charge in [0, 0.05) is 41.4 Å². The molecule has 94 valence electrons. The molecule has 0 aliphatic rings. The summed E-state index contributed by atoms with van der Waals surface area (Å²) < 4.78 is 3.08. The first-order chi connectivity index (χ1) is 9.33. The summed E-state index contributed by atoms with van der Waals surface area (Å²) in [6, 6.07) is 12.4. The van der Waals surface area contributed by atoms with Crippen LogP contribution in [0, 0.1) is 0 Å². The maximum atomic E-state index is 4.43. The van der Waals surface area contributed by atoms with Crippen LogP contribution >= 0.6 is 15.9 Å². The zero-order valence-electron chi connectivity index (χ0n) is 10.2. The summed E-state index contributed by atoms with van der Waals surface area (Å²) in [6.07, 6.45) is 7.41. The molecule has 0 radical (unpaired) electrons. The molecule has 0 N–H and O–H groups in total. The van der Waals surface area contributed by atoms with Crippen molar-refractivity contribution in [1.82, 2.24) is 14.5 Å². The Labute approximate surface area is 120 Å². The molecule has 19 heavy (non-hydrogen) atoms. The van der Waals surface area contributed by atoms with Gasteiger partial charge in [0.15, 0.2) is 0 Å². The first-order valence-corrected chi connectivity index (χ1v) is 6.78. The second kappa shape index (κ2) is 5.36. The molecule has 0 amide bonds. The van der Waals surface area contributed by atoms with Gasteiger partial charge in [-0.15, -0.1) is 0 Å². The van der Waals surface area contributed by atoms with Crippen LogP contribution in [0.2, 0.25) is 0 Å². The van der Waals surface area contributed by atoms with E-state index in [1.165, 1.54) is 5.56 Å². The van der Waals surface area contributed by atoms with E-state index in [1.807, 2.05) is 42.9 Å². The molecule has 0 spiro atoms. The molecule has 0 unspecified atom stereocenters. The average Bonchev–Trinajstić information content (AvgIpc) is 2.88. The molecule has 0 fully saturated rings. The van der Waals surface area contributed by atoms with E-state index in [1.54, 1.807) is 6.20 Å². The molecule has 0 bridgehead atoms. The Morgan fingerprint density at radius 1 is 1.11 bits per heavy atom. The van der Waals surface area contributed by atoms with E-state index >= 15 is 0 Å². The van der Waals surface area contributed by atoms with Crippen LogP contribution in [0.1, 0.15) is 5.56 Å². The number of halogens is 1. The maximum absolute atomic E-state index is 4.43. The molecule has 0 atom stereocenters. The SMILES string of the molecule is Brc1cncc(-c2nccn2Cc2ccccc2)c1. The van der Waals surface area contributed by atoms with E-state index < -0.39 is 0 Å². The molecular weight excluding hydrogens is 302 g/mol. The minimum Gasteiger partial charge on any atom is -0.327 e. The molecule has 0 saturated heterocycles. The largest absolute Gasteiger partial charge is 0.327 e. The predicted molar refractivity (Wildman–Crippen MR) is 78.7 cm³/mol. The standard InChI is InChI=1S/C15H12BrN3/c16-14-8-13(9-17-10-14)15-18-6-7-19(15)11-12-4-2-1-3-5-12/h1-10H,11H2. The highest BCUT2D eigenvalue weighted by atomic mass is 79.9. The lowest BCUT2D eigenvalue weighted by Gasteiger charge is -2.08. The predicted octanol–water partition coefficient (Wildman–Crippen LogP) is 3.76. The third kappa shape index (κ3) is 2.74. The lowest BCUT2D eigenvalue weighted by Crippen LogP contribution is -2.01. The minimum atomic E-state index is 0.808. The van der Waals surface area contributed by atoms with Crippen molar-refractivity contribution in [2.24, 2.45) is 0 Å². The van der Waals surface area contributed by atoms with Crippen molar-refractivity contribution < 1.29 is 0 Å². The summed E-state index contributed by atoms with van der Waals surface area (Å²) in [4.78, 5) is 8.61. The Bertz CT molecular complexity index is 677. The number of hydrogen-bond acceptors (Lipinski definition) is 2. The van der Waals surface area contributed by atoms with Crippen molar-refractivity contribution in [2.75, 3.05) is 0 Å². The van der Waals surface area contributed by atoms with Crippen LogP contribution in [0.25, 0.3) is 11.4 Å². The zero-order valence-corrected chi connectivity index (χ0v) is 11.8. The first-order valence-electron chi connectivity index (χ1n) is 5.99. The third-order valence-corrected chi connectivity index (χ3v) is 3.31. The summed E-state index contributed by atoms with van der Waals surface area (Å²) in [7, 11) is 0. The number of pyridine rings is 1. The molecular formula is C15H12BrN3. The van der Waals surface area contributed by atoms with Crippen molar-refractivity contribution in [1.29, 1.82) is 0 Å². The van der Waals surface area contributed by atoms with Gasteiger partial charge in [0.25, 0.3) is 0 Å². The van der Waals surface area contributed by atoms with E-state index in [-0.39, 0.29) is 0 Å². The van der Waals surface area contributed by atoms with Crippen LogP contribution in [0.15, 0.2) is 65.7 Å². The van der Waals surface area contributed by atoms with E-state index in [0.717, 1.165) is 22.4 Å². The van der Waals surface area contributed by atoms with Crippen molar-refractivity contribution in [3.8, 4) is 11.4 Å². The van der Waals surface area contributed by atoms with Crippen LogP contribution in [-0.2, 0) is 6.54 Å². The number of aromatic nitrogens is 3. The van der Waals surface area contributed by atoms with Crippen LogP contribution < -0.4 is 0 Å². The molecule has 3 aromatic rings. The minimum absolute atomic E-state index is 0.808. The van der Waals surface area contributed by atoms with E-state index in [0.29, 0.717) is 0 Å². The molecule has 4 heteroatoms. The van der Waals surface area contributed by atoms with E-state index in [9.17, 15) is 0 Å². The van der Waals surface area contributed by atoms with Gasteiger partial charge in [-0.25, -0.2) is 4.98 Å². The van der Waals surface area contributed by atoms with Gasteiger partial charge in [0.05, 0.1) is 0 Å². The highest BCUT2D eigenvalue weighted by molar-refractivity contribution is 9.10. The number of hydrogen-bond donors (Lipinski definition) is 0. The van der Waals surface area contributed by atoms with Gasteiger partial charge < -0.3 is 4.57 Å². The first kappa shape index (κ1) is 12.1. The normalized spacial score (nSPS) is 10.6. The number of imidazole rings is 1. The fraction of sp³-hybridized carbons (Fsp3) is 0.0667. The van der Waals surface area contributed by atoms with Crippen LogP contribution in [0.3, 0.4) is 0 Å². The number of benzene rings is 1. The monoisotopic (exact) mass is 313 g/mol. The Balaban J connectivity index is 1.95. The van der Waals surface area contributed by atoms with Crippen molar-refractivity contribution in [3.63, 3.8) is 0 Å². The van der Waals surface area contributed by atoms with Gasteiger partial charge in [-0.2, -0.15) is 0 Å². The summed E-state index contributed by atoms with van der Waals surface area (Å²) >= 11 is 3.44. The van der Waals surface area contributed by atoms with Gasteiger partial charge in [-0.1, -0.05) is 30.3 Å². The second-order valence-corrected chi connectivity index (χ2v) is 5.17. The second-order valence-electron chi connectivity index (χ2n) is 4.26. The molecule has 1 aromatic carbocycles. The molecule has 2 heterocycles. The fourth-order valence-corrected chi connectivity index (χ4v) is 2.38. The summed E-state index contributed by atoms with van der Waals surface area (Å²) in [6.45, 7) is 0.808. The fourth-order valence-electron chi connectivity index (χ4n) is 2.01. The molecule has 3 nitrogen and oxygen atoms in total. The summed E-state index contributed by atoms with van der Waals surface area (Å²) in [5.74, 6) is 0.928. The number of nitrogens with zero attached hydrogens (tertiary/aromatic N) is 3. The van der Waals surface area contributed by atoms with Gasteiger partial charge in [-0.05, 0) is 27.6 Å². The Kier molecular flexibility index (Phi) is 3.42. The van der Waals surface area contributed by atoms with Gasteiger partial charge in [-0.3, -0.25) is 4.98 Å². The Morgan fingerprint density at radius 3 is 2.74 bits per heavy atom. The zero-order chi connectivity index (χ0) is 13.1. The smallest absolute Gasteiger partial charge is 0.141 e. The van der Waals surface area contributed by atoms with Gasteiger partial charge in [0.1, 0.15) is 5.82 Å². The van der Waals surface area contributed by atoms with E-state index in [2.05, 4.69) is 42.6 Å². The lowest BCUT2D eigenvalue weighted by atomic mass is 10.2. The Morgan fingerprint density at radius 2 is 1.95 bits per heavy atom. The highest BCUT2D eigenvalue weighted by Gasteiger charge is 2.07. The topological polar surface area (TPSA) is 30.7 Å². The van der Waals surface area contributed by atoms with E-state index in [4.69, 9.17) is 0 Å². The van der Waals surface area contributed by atoms with Crippen LogP contribution in [-0.4, -0.2) is 14.5 Å². The molecule has 0 aliphatic heterocycles. The molecule has 0 aliphatic carbocycles. The molecule has 0 saturated carbocycles. The maximum Gasteiger partial charge on any atom is 0.141 e. The van der Waals surface area contributed by atoms with Crippen LogP contribution in [0.4, 0.5) is 0 Å². The lowest BCUT2D eigenvalue weighted by molar-refractivity contribution is 0.806. The van der Waals surface area contributed by atoms with Crippen LogP contribution in [0.5, 0.6) is 0 Å². The number of rotatable bonds is 3. The van der Waals surface area contributed by atoms with Gasteiger partial charge in [0.2, 0.25) is 0 Å². The Hall–Kier alpha value is -1.94. The average molecular weight is 314 g/mol. The summed E-state index contributed by atoms with van der Waals surface area (Å²) in [5, 5.41) is 0. The highest BCUT2D eigenvalue weighted by Crippen LogP contribution is 2.21. The van der Waals surface area contributed by atoms with Crippen molar-refractivity contribution >= 4 is 15.9 Å². The quantitative estimate of drug-likeness (QED) is 0.737. The van der Waals surface area contributed by atoms with Gasteiger partial charge >= 0.3 is 0 Å². The van der Waals surface area contributed by atoms with Crippen molar-refractivity contribution in [3.05, 3.63) is 71.2 Å². The van der Waals surface area contributed by atoms with Crippen molar-refractivity contribution in [2.45, 2.75) is 6.54 Å². The summed E-state index contributed by atoms with van der Waals surface area (Å²) in [5.41, 5.74) is 2.26. The third-order valence-electron chi connectivity index (χ3n) is 2.87.